The van der Waals surface area contributed by atoms with E-state index in [-0.39, 0.29) is 18.2 Å². The van der Waals surface area contributed by atoms with E-state index in [0.717, 1.165) is 0 Å². The van der Waals surface area contributed by atoms with Gasteiger partial charge in [0, 0.05) is 20.1 Å². The van der Waals surface area contributed by atoms with Gasteiger partial charge in [-0.15, -0.1) is 10.2 Å². The number of anilines is 1. The van der Waals surface area contributed by atoms with Crippen molar-refractivity contribution >= 4 is 21.6 Å². The summed E-state index contributed by atoms with van der Waals surface area (Å²) >= 11 is 0. The number of likely N-dealkylation sites (tertiary alicyclic amines) is 1. The molecular formula is C15H19N5O5S. The van der Waals surface area contributed by atoms with Crippen LogP contribution in [0.1, 0.15) is 0 Å². The minimum Gasteiger partial charge on any atom is -0.493 e. The molecule has 0 unspecified atom stereocenters. The second kappa shape index (κ2) is 6.83. The monoisotopic (exact) mass is 381 g/mol. The fourth-order valence-electron chi connectivity index (χ4n) is 2.66. The number of carbonyl (C=O) groups is 1. The number of sulfone groups is 1. The second-order valence-electron chi connectivity index (χ2n) is 5.77. The number of nitrogens with zero attached hydrogens (tertiary/aromatic N) is 4. The molecule has 0 bridgehead atoms. The molecule has 26 heavy (non-hydrogen) atoms. The van der Waals surface area contributed by atoms with Crippen molar-refractivity contribution in [2.24, 2.45) is 7.05 Å². The van der Waals surface area contributed by atoms with Gasteiger partial charge < -0.3 is 24.3 Å². The number of nitrogens with one attached hydrogen (secondary N) is 1. The Hall–Kier alpha value is -2.82. The summed E-state index contributed by atoms with van der Waals surface area (Å²) in [7, 11) is 0.905. The summed E-state index contributed by atoms with van der Waals surface area (Å²) in [6, 6.07) is 4.68. The molecule has 1 aliphatic rings. The average molecular weight is 381 g/mol. The van der Waals surface area contributed by atoms with Gasteiger partial charge >= 0.3 is 6.03 Å². The largest absolute Gasteiger partial charge is 0.493 e. The molecule has 2 amide bonds. The maximum Gasteiger partial charge on any atom is 0.322 e. The van der Waals surface area contributed by atoms with E-state index < -0.39 is 21.1 Å². The van der Waals surface area contributed by atoms with Crippen molar-refractivity contribution < 1.29 is 22.7 Å². The molecule has 2 aromatic rings. The summed E-state index contributed by atoms with van der Waals surface area (Å²) in [6.07, 6.45) is 1.32. The Morgan fingerprint density at radius 1 is 1.27 bits per heavy atom. The molecule has 10 nitrogen and oxygen atoms in total. The molecule has 0 saturated carbocycles. The minimum atomic E-state index is -3.63. The molecule has 1 saturated heterocycles. The summed E-state index contributed by atoms with van der Waals surface area (Å²) in [5, 5.41) is 9.14. The van der Waals surface area contributed by atoms with Crippen molar-refractivity contribution in [1.82, 2.24) is 19.7 Å². The first-order valence-electron chi connectivity index (χ1n) is 7.73. The third kappa shape index (κ3) is 3.05. The molecule has 140 valence electrons. The number of carbonyl (C=O) groups excluding carboxylic acids is 1. The first-order chi connectivity index (χ1) is 12.4. The summed E-state index contributed by atoms with van der Waals surface area (Å²) in [5.74, 6) is 0.878. The molecule has 11 heteroatoms. The van der Waals surface area contributed by atoms with E-state index in [4.69, 9.17) is 9.47 Å². The topological polar surface area (TPSA) is 116 Å². The van der Waals surface area contributed by atoms with Crippen molar-refractivity contribution in [3.63, 3.8) is 0 Å². The average Bonchev–Trinajstić information content (AvgIpc) is 2.99. The maximum absolute atomic E-state index is 12.5. The van der Waals surface area contributed by atoms with Crippen molar-refractivity contribution in [2.45, 2.75) is 10.4 Å². The zero-order valence-corrected chi connectivity index (χ0v) is 15.4. The molecule has 0 radical (unpaired) electrons. The third-order valence-corrected chi connectivity index (χ3v) is 6.20. The zero-order valence-electron chi connectivity index (χ0n) is 14.5. The Balaban J connectivity index is 1.67. The molecule has 1 N–H and O–H groups in total. The maximum atomic E-state index is 12.5. The van der Waals surface area contributed by atoms with Crippen LogP contribution < -0.4 is 14.8 Å². The lowest BCUT2D eigenvalue weighted by Crippen LogP contribution is -2.58. The van der Waals surface area contributed by atoms with Gasteiger partial charge in [-0.05, 0) is 12.1 Å². The Bertz CT molecular complexity index is 920. The highest BCUT2D eigenvalue weighted by molar-refractivity contribution is 7.92. The van der Waals surface area contributed by atoms with E-state index in [9.17, 15) is 13.2 Å². The van der Waals surface area contributed by atoms with Crippen LogP contribution in [0.3, 0.4) is 0 Å². The quantitative estimate of drug-likeness (QED) is 0.803. The predicted octanol–water partition coefficient (Wildman–Crippen LogP) is 0.522. The predicted molar refractivity (Wildman–Crippen MR) is 92.1 cm³/mol. The number of hydrogen-bond acceptors (Lipinski definition) is 7. The molecule has 1 aliphatic heterocycles. The molecule has 1 aromatic carbocycles. The van der Waals surface area contributed by atoms with Gasteiger partial charge in [-0.25, -0.2) is 13.2 Å². The first-order valence-corrected chi connectivity index (χ1v) is 9.28. The lowest BCUT2D eigenvalue weighted by atomic mass is 10.2. The smallest absolute Gasteiger partial charge is 0.322 e. The van der Waals surface area contributed by atoms with E-state index in [1.165, 1.54) is 30.0 Å². The van der Waals surface area contributed by atoms with E-state index in [0.29, 0.717) is 17.2 Å². The SMILES string of the molecule is COc1cccc(NC(=O)N2CC(S(=O)(=O)c3nncn3C)C2)c1OC. The molecule has 0 aliphatic carbocycles. The van der Waals surface area contributed by atoms with Gasteiger partial charge in [-0.1, -0.05) is 6.07 Å². The minimum absolute atomic E-state index is 0.0767. The number of hydrogen-bond donors (Lipinski definition) is 1. The van der Waals surface area contributed by atoms with Gasteiger partial charge in [0.1, 0.15) is 11.6 Å². The van der Waals surface area contributed by atoms with Gasteiger partial charge in [0.05, 0.1) is 19.9 Å². The Kier molecular flexibility index (Phi) is 4.72. The van der Waals surface area contributed by atoms with Crippen LogP contribution in [0.5, 0.6) is 11.5 Å². The number of ether oxygens (including phenoxy) is 2. The fourth-order valence-corrected chi connectivity index (χ4v) is 4.32. The number of amides is 2. The van der Waals surface area contributed by atoms with Crippen LogP contribution in [0.25, 0.3) is 0 Å². The highest BCUT2D eigenvalue weighted by Gasteiger charge is 2.42. The van der Waals surface area contributed by atoms with Crippen LogP contribution >= 0.6 is 0 Å². The number of methoxy groups -OCH3 is 2. The Labute approximate surface area is 150 Å². The van der Waals surface area contributed by atoms with Gasteiger partial charge in [0.25, 0.3) is 0 Å². The third-order valence-electron chi connectivity index (χ3n) is 4.14. The highest BCUT2D eigenvalue weighted by atomic mass is 32.2. The van der Waals surface area contributed by atoms with Crippen LogP contribution in [0.4, 0.5) is 10.5 Å². The van der Waals surface area contributed by atoms with E-state index in [2.05, 4.69) is 15.5 Å². The number of benzene rings is 1. The normalized spacial score (nSPS) is 14.7. The van der Waals surface area contributed by atoms with Gasteiger partial charge in [0.15, 0.2) is 11.5 Å². The molecule has 0 atom stereocenters. The highest BCUT2D eigenvalue weighted by Crippen LogP contribution is 2.35. The van der Waals surface area contributed by atoms with Crippen LogP contribution in [0.15, 0.2) is 29.7 Å². The fraction of sp³-hybridized carbons (Fsp3) is 0.400. The van der Waals surface area contributed by atoms with Gasteiger partial charge in [-0.2, -0.15) is 0 Å². The summed E-state index contributed by atoms with van der Waals surface area (Å²) in [5.41, 5.74) is 0.441. The van der Waals surface area contributed by atoms with Crippen LogP contribution in [0, 0.1) is 0 Å². The summed E-state index contributed by atoms with van der Waals surface area (Å²) < 4.78 is 36.8. The van der Waals surface area contributed by atoms with Gasteiger partial charge in [-0.3, -0.25) is 0 Å². The van der Waals surface area contributed by atoms with Crippen LogP contribution in [-0.2, 0) is 16.9 Å². The Morgan fingerprint density at radius 3 is 2.58 bits per heavy atom. The van der Waals surface area contributed by atoms with Crippen LogP contribution in [-0.4, -0.2) is 66.7 Å². The van der Waals surface area contributed by atoms with E-state index >= 15 is 0 Å². The Morgan fingerprint density at radius 2 is 2.00 bits per heavy atom. The van der Waals surface area contributed by atoms with E-state index in [1.807, 2.05) is 0 Å². The zero-order chi connectivity index (χ0) is 18.9. The molecule has 0 spiro atoms. The molecule has 1 aromatic heterocycles. The summed E-state index contributed by atoms with van der Waals surface area (Å²) in [6.45, 7) is 0.153. The number of para-hydroxylation sites is 1. The van der Waals surface area contributed by atoms with Crippen molar-refractivity contribution in [3.8, 4) is 11.5 Å². The molecule has 2 heterocycles. The molecule has 3 rings (SSSR count). The number of aryl methyl sites for hydroxylation is 1. The van der Waals surface area contributed by atoms with Crippen molar-refractivity contribution in [1.29, 1.82) is 0 Å². The van der Waals surface area contributed by atoms with Gasteiger partial charge in [0.2, 0.25) is 15.0 Å². The first kappa shape index (κ1) is 18.0. The van der Waals surface area contributed by atoms with Crippen molar-refractivity contribution in [2.75, 3.05) is 32.6 Å². The lowest BCUT2D eigenvalue weighted by molar-refractivity contribution is 0.182. The molecule has 1 fully saturated rings. The van der Waals surface area contributed by atoms with Crippen molar-refractivity contribution in [3.05, 3.63) is 24.5 Å². The lowest BCUT2D eigenvalue weighted by Gasteiger charge is -2.38. The number of rotatable bonds is 5. The molecular weight excluding hydrogens is 362 g/mol. The van der Waals surface area contributed by atoms with E-state index in [1.54, 1.807) is 25.2 Å². The van der Waals surface area contributed by atoms with Crippen LogP contribution in [0.2, 0.25) is 0 Å². The number of aromatic nitrogens is 3. The second-order valence-corrected chi connectivity index (χ2v) is 7.89. The number of urea groups is 1. The summed E-state index contributed by atoms with van der Waals surface area (Å²) in [4.78, 5) is 13.8. The standard InChI is InChI=1S/C15H19N5O5S/c1-19-9-16-18-15(19)26(22,23)10-7-20(8-10)14(21)17-11-5-4-6-12(24-2)13(11)25-3/h4-6,9-10H,7-8H2,1-3H3,(H,17,21).